The number of nitrogens with one attached hydrogen (secondary N) is 2. The second kappa shape index (κ2) is 5.46. The molecule has 0 amide bonds. The average molecular weight is 284 g/mol. The zero-order valence-electron chi connectivity index (χ0n) is 11.1. The number of aromatic nitrogens is 1. The molecule has 1 aliphatic rings. The van der Waals surface area contributed by atoms with Crippen LogP contribution in [0.1, 0.15) is 39.0 Å². The molecular weight excluding hydrogens is 264 g/mol. The van der Waals surface area contributed by atoms with Crippen LogP contribution in [0.2, 0.25) is 0 Å². The minimum absolute atomic E-state index is 0.0491. The Balaban J connectivity index is 2.05. The third-order valence-corrected chi connectivity index (χ3v) is 5.21. The summed E-state index contributed by atoms with van der Waals surface area (Å²) in [5, 5.41) is 0. The lowest BCUT2D eigenvalue weighted by Gasteiger charge is -2.33. The summed E-state index contributed by atoms with van der Waals surface area (Å²) in [4.78, 5) is 13.4. The molecule has 0 spiro atoms. The van der Waals surface area contributed by atoms with Crippen LogP contribution in [0.25, 0.3) is 0 Å². The number of sulfonamides is 1. The van der Waals surface area contributed by atoms with Crippen LogP contribution in [0.5, 0.6) is 0 Å². The highest BCUT2D eigenvalue weighted by molar-refractivity contribution is 7.89. The summed E-state index contributed by atoms with van der Waals surface area (Å²) >= 11 is 0. The third kappa shape index (κ3) is 3.67. The maximum atomic E-state index is 12.1. The van der Waals surface area contributed by atoms with Crippen LogP contribution < -0.4 is 10.3 Å². The number of aromatic amines is 1. The molecule has 2 rings (SSSR count). The number of hydrogen-bond acceptors (Lipinski definition) is 3. The van der Waals surface area contributed by atoms with Gasteiger partial charge in [0, 0.05) is 18.8 Å². The first-order valence-corrected chi connectivity index (χ1v) is 8.08. The molecule has 1 fully saturated rings. The van der Waals surface area contributed by atoms with Crippen molar-refractivity contribution in [1.29, 1.82) is 0 Å². The van der Waals surface area contributed by atoms with E-state index in [0.717, 1.165) is 25.7 Å². The van der Waals surface area contributed by atoms with Crippen LogP contribution in [0.4, 0.5) is 0 Å². The van der Waals surface area contributed by atoms with E-state index in [2.05, 4.69) is 16.6 Å². The molecule has 0 bridgehead atoms. The summed E-state index contributed by atoms with van der Waals surface area (Å²) in [7, 11) is -3.53. The van der Waals surface area contributed by atoms with Gasteiger partial charge in [-0.1, -0.05) is 26.2 Å². The van der Waals surface area contributed by atoms with E-state index in [1.807, 2.05) is 0 Å². The summed E-state index contributed by atoms with van der Waals surface area (Å²) in [6.07, 6.45) is 6.91. The molecule has 1 aliphatic carbocycles. The molecule has 0 unspecified atom stereocenters. The highest BCUT2D eigenvalue weighted by Gasteiger charge is 2.28. The molecule has 1 heterocycles. The molecule has 1 saturated carbocycles. The first-order valence-electron chi connectivity index (χ1n) is 6.60. The van der Waals surface area contributed by atoms with Crippen molar-refractivity contribution in [3.05, 3.63) is 28.7 Å². The fourth-order valence-corrected chi connectivity index (χ4v) is 3.66. The molecule has 0 aromatic carbocycles. The van der Waals surface area contributed by atoms with Gasteiger partial charge in [-0.15, -0.1) is 0 Å². The normalized spacial score (nSPS) is 19.2. The molecule has 0 radical (unpaired) electrons. The first-order chi connectivity index (χ1) is 8.91. The van der Waals surface area contributed by atoms with Crippen molar-refractivity contribution >= 4 is 10.0 Å². The largest absolute Gasteiger partial charge is 0.328 e. The number of pyridine rings is 1. The van der Waals surface area contributed by atoms with E-state index in [1.165, 1.54) is 24.8 Å². The van der Waals surface area contributed by atoms with Crippen molar-refractivity contribution in [1.82, 2.24) is 9.71 Å². The molecule has 1 aromatic heterocycles. The predicted octanol–water partition coefficient (Wildman–Crippen LogP) is 1.62. The SMILES string of the molecule is CC1(CNS(=O)(=O)c2ccc(=O)[nH]c2)CCCCC1. The standard InChI is InChI=1S/C13H20N2O3S/c1-13(7-3-2-4-8-13)10-15-19(17,18)11-5-6-12(16)14-9-11/h5-6,9,15H,2-4,7-8,10H2,1H3,(H,14,16). The fourth-order valence-electron chi connectivity index (χ4n) is 2.50. The molecular formula is C13H20N2O3S. The maximum absolute atomic E-state index is 12.1. The number of rotatable bonds is 4. The van der Waals surface area contributed by atoms with Crippen LogP contribution in [-0.2, 0) is 10.0 Å². The van der Waals surface area contributed by atoms with Crippen LogP contribution in [-0.4, -0.2) is 19.9 Å². The predicted molar refractivity (Wildman–Crippen MR) is 73.4 cm³/mol. The van der Waals surface area contributed by atoms with Gasteiger partial charge < -0.3 is 4.98 Å². The van der Waals surface area contributed by atoms with Gasteiger partial charge in [0.05, 0.1) is 4.90 Å². The lowest BCUT2D eigenvalue weighted by Crippen LogP contribution is -2.37. The lowest BCUT2D eigenvalue weighted by molar-refractivity contribution is 0.219. The second-order valence-corrected chi connectivity index (χ2v) is 7.35. The molecule has 19 heavy (non-hydrogen) atoms. The molecule has 0 saturated heterocycles. The van der Waals surface area contributed by atoms with Crippen LogP contribution in [0.15, 0.2) is 28.0 Å². The van der Waals surface area contributed by atoms with Gasteiger partial charge in [-0.3, -0.25) is 4.79 Å². The highest BCUT2D eigenvalue weighted by Crippen LogP contribution is 2.35. The Morgan fingerprint density at radius 1 is 1.26 bits per heavy atom. The Morgan fingerprint density at radius 3 is 2.53 bits per heavy atom. The van der Waals surface area contributed by atoms with Gasteiger partial charge in [-0.05, 0) is 24.3 Å². The van der Waals surface area contributed by atoms with Crippen molar-refractivity contribution in [2.75, 3.05) is 6.54 Å². The second-order valence-electron chi connectivity index (χ2n) is 5.58. The van der Waals surface area contributed by atoms with E-state index >= 15 is 0 Å². The molecule has 1 aromatic rings. The van der Waals surface area contributed by atoms with Gasteiger partial charge in [0.2, 0.25) is 15.6 Å². The van der Waals surface area contributed by atoms with Gasteiger partial charge in [-0.25, -0.2) is 13.1 Å². The molecule has 106 valence electrons. The minimum atomic E-state index is -3.53. The molecule has 0 atom stereocenters. The van der Waals surface area contributed by atoms with E-state index in [4.69, 9.17) is 0 Å². The highest BCUT2D eigenvalue weighted by atomic mass is 32.2. The Bertz CT molecular complexity index is 566. The van der Waals surface area contributed by atoms with Crippen molar-refractivity contribution in [3.63, 3.8) is 0 Å². The first kappa shape index (κ1) is 14.3. The smallest absolute Gasteiger partial charge is 0.247 e. The van der Waals surface area contributed by atoms with E-state index in [0.29, 0.717) is 6.54 Å². The quantitative estimate of drug-likeness (QED) is 0.882. The number of hydrogen-bond donors (Lipinski definition) is 2. The van der Waals surface area contributed by atoms with E-state index in [1.54, 1.807) is 0 Å². The number of H-pyrrole nitrogens is 1. The Morgan fingerprint density at radius 2 is 1.95 bits per heavy atom. The van der Waals surface area contributed by atoms with Gasteiger partial charge in [0.1, 0.15) is 0 Å². The monoisotopic (exact) mass is 284 g/mol. The molecule has 6 heteroatoms. The van der Waals surface area contributed by atoms with Gasteiger partial charge in [0.15, 0.2) is 0 Å². The Hall–Kier alpha value is -1.14. The lowest BCUT2D eigenvalue weighted by atomic mass is 9.76. The zero-order chi connectivity index (χ0) is 13.9. The summed E-state index contributed by atoms with van der Waals surface area (Å²) in [6, 6.07) is 2.54. The summed E-state index contributed by atoms with van der Waals surface area (Å²) < 4.78 is 26.8. The van der Waals surface area contributed by atoms with Crippen molar-refractivity contribution in [2.24, 2.45) is 5.41 Å². The molecule has 2 N–H and O–H groups in total. The average Bonchev–Trinajstić information content (AvgIpc) is 2.38. The van der Waals surface area contributed by atoms with Gasteiger partial charge in [0.25, 0.3) is 0 Å². The van der Waals surface area contributed by atoms with Crippen LogP contribution in [0.3, 0.4) is 0 Å². The van der Waals surface area contributed by atoms with E-state index < -0.39 is 10.0 Å². The van der Waals surface area contributed by atoms with Crippen LogP contribution >= 0.6 is 0 Å². The summed E-state index contributed by atoms with van der Waals surface area (Å²) in [5.74, 6) is 0. The molecule has 5 nitrogen and oxygen atoms in total. The topological polar surface area (TPSA) is 79.0 Å². The van der Waals surface area contributed by atoms with Gasteiger partial charge >= 0.3 is 0 Å². The van der Waals surface area contributed by atoms with Crippen LogP contribution in [0, 0.1) is 5.41 Å². The Labute approximate surface area is 113 Å². The van der Waals surface area contributed by atoms with E-state index in [9.17, 15) is 13.2 Å². The van der Waals surface area contributed by atoms with Crippen molar-refractivity contribution in [3.8, 4) is 0 Å². The van der Waals surface area contributed by atoms with E-state index in [-0.39, 0.29) is 15.9 Å². The van der Waals surface area contributed by atoms with Gasteiger partial charge in [-0.2, -0.15) is 0 Å². The summed E-state index contributed by atoms with van der Waals surface area (Å²) in [6.45, 7) is 2.58. The zero-order valence-corrected chi connectivity index (χ0v) is 11.9. The maximum Gasteiger partial charge on any atom is 0.247 e. The minimum Gasteiger partial charge on any atom is -0.328 e. The van der Waals surface area contributed by atoms with Crippen molar-refractivity contribution in [2.45, 2.75) is 43.9 Å². The van der Waals surface area contributed by atoms with Crippen molar-refractivity contribution < 1.29 is 8.42 Å². The summed E-state index contributed by atoms with van der Waals surface area (Å²) in [5.41, 5.74) is -0.258. The third-order valence-electron chi connectivity index (χ3n) is 3.82. The molecule has 0 aliphatic heterocycles. The Kier molecular flexibility index (Phi) is 4.10. The fraction of sp³-hybridized carbons (Fsp3) is 0.615.